The molecule has 0 fully saturated rings. The first-order valence-corrected chi connectivity index (χ1v) is 6.24. The molecular formula is C14H11N5O. The number of nitrogens with zero attached hydrogens (tertiary/aromatic N) is 3. The summed E-state index contributed by atoms with van der Waals surface area (Å²) in [5, 5.41) is 4.53. The van der Waals surface area contributed by atoms with E-state index in [1.54, 1.807) is 4.52 Å². The van der Waals surface area contributed by atoms with Gasteiger partial charge in [-0.3, -0.25) is 0 Å². The van der Waals surface area contributed by atoms with Crippen LogP contribution >= 0.6 is 0 Å². The van der Waals surface area contributed by atoms with E-state index in [4.69, 9.17) is 0 Å². The zero-order chi connectivity index (χ0) is 13.7. The zero-order valence-electron chi connectivity index (χ0n) is 10.7. The summed E-state index contributed by atoms with van der Waals surface area (Å²) in [6, 6.07) is 9.57. The lowest BCUT2D eigenvalue weighted by molar-refractivity contribution is 0.941. The number of imidazole rings is 2. The molecule has 6 nitrogen and oxygen atoms in total. The molecule has 2 N–H and O–H groups in total. The molecule has 0 spiro atoms. The highest BCUT2D eigenvalue weighted by molar-refractivity contribution is 5.80. The minimum Gasteiger partial charge on any atom is -0.306 e. The van der Waals surface area contributed by atoms with Crippen LogP contribution in [-0.4, -0.2) is 24.6 Å². The van der Waals surface area contributed by atoms with Crippen LogP contribution < -0.4 is 5.69 Å². The lowest BCUT2D eigenvalue weighted by Gasteiger charge is -2.01. The largest absolute Gasteiger partial charge is 0.323 e. The maximum absolute atomic E-state index is 11.3. The van der Waals surface area contributed by atoms with Crippen LogP contribution in [0.2, 0.25) is 0 Å². The average molecular weight is 265 g/mol. The highest BCUT2D eigenvalue weighted by Crippen LogP contribution is 2.20. The maximum atomic E-state index is 11.3. The van der Waals surface area contributed by atoms with E-state index in [0.29, 0.717) is 0 Å². The fraction of sp³-hybridized carbons (Fsp3) is 0.0714. The van der Waals surface area contributed by atoms with Crippen molar-refractivity contribution < 1.29 is 0 Å². The van der Waals surface area contributed by atoms with Crippen LogP contribution in [0, 0.1) is 6.92 Å². The van der Waals surface area contributed by atoms with Crippen molar-refractivity contribution in [3.05, 3.63) is 52.7 Å². The molecule has 3 aromatic heterocycles. The number of hydrogen-bond acceptors (Lipinski definition) is 3. The van der Waals surface area contributed by atoms with E-state index in [0.717, 1.165) is 33.6 Å². The Bertz CT molecular complexity index is 992. The Labute approximate surface area is 113 Å². The smallest absolute Gasteiger partial charge is 0.306 e. The van der Waals surface area contributed by atoms with E-state index >= 15 is 0 Å². The molecule has 0 radical (unpaired) electrons. The number of aryl methyl sites for hydroxylation is 1. The summed E-state index contributed by atoms with van der Waals surface area (Å²) >= 11 is 0. The van der Waals surface area contributed by atoms with Crippen molar-refractivity contribution in [2.45, 2.75) is 6.92 Å². The average Bonchev–Trinajstić information content (AvgIpc) is 2.97. The predicted molar refractivity (Wildman–Crippen MR) is 75.6 cm³/mol. The summed E-state index contributed by atoms with van der Waals surface area (Å²) in [5.41, 5.74) is 4.89. The first kappa shape index (κ1) is 11.0. The first-order chi connectivity index (χ1) is 9.69. The second-order valence-electron chi connectivity index (χ2n) is 4.74. The minimum atomic E-state index is -0.203. The first-order valence-electron chi connectivity index (χ1n) is 6.24. The summed E-state index contributed by atoms with van der Waals surface area (Å²) < 4.78 is 1.76. The van der Waals surface area contributed by atoms with Gasteiger partial charge in [0, 0.05) is 5.56 Å². The summed E-state index contributed by atoms with van der Waals surface area (Å²) in [7, 11) is 0. The van der Waals surface area contributed by atoms with Crippen LogP contribution in [0.3, 0.4) is 0 Å². The van der Waals surface area contributed by atoms with Gasteiger partial charge in [0.1, 0.15) is 0 Å². The fourth-order valence-electron chi connectivity index (χ4n) is 2.35. The van der Waals surface area contributed by atoms with Gasteiger partial charge in [-0.1, -0.05) is 6.07 Å². The lowest BCUT2D eigenvalue weighted by atomic mass is 10.1. The van der Waals surface area contributed by atoms with Gasteiger partial charge >= 0.3 is 5.69 Å². The standard InChI is InChI=1S/C14H11N5O/c1-8-7-19-13(15-8)5-4-10(18-19)9-2-3-11-12(6-9)17-14(20)16-11/h2-7H,1H3,(H2,16,17,20). The van der Waals surface area contributed by atoms with Crippen molar-refractivity contribution in [2.24, 2.45) is 0 Å². The molecule has 0 atom stereocenters. The van der Waals surface area contributed by atoms with Gasteiger partial charge in [-0.2, -0.15) is 5.10 Å². The van der Waals surface area contributed by atoms with Gasteiger partial charge in [-0.25, -0.2) is 14.3 Å². The normalized spacial score (nSPS) is 11.4. The molecule has 6 heteroatoms. The fourth-order valence-corrected chi connectivity index (χ4v) is 2.35. The Morgan fingerprint density at radius 1 is 1.10 bits per heavy atom. The van der Waals surface area contributed by atoms with Crippen LogP contribution in [0.25, 0.3) is 27.9 Å². The Hall–Kier alpha value is -2.89. The topological polar surface area (TPSA) is 78.8 Å². The second-order valence-corrected chi connectivity index (χ2v) is 4.74. The third kappa shape index (κ3) is 1.62. The van der Waals surface area contributed by atoms with Gasteiger partial charge in [-0.05, 0) is 31.2 Å². The van der Waals surface area contributed by atoms with E-state index in [9.17, 15) is 4.79 Å². The molecule has 0 saturated heterocycles. The van der Waals surface area contributed by atoms with E-state index in [-0.39, 0.29) is 5.69 Å². The van der Waals surface area contributed by atoms with Gasteiger partial charge in [0.05, 0.1) is 28.6 Å². The van der Waals surface area contributed by atoms with Crippen molar-refractivity contribution in [1.29, 1.82) is 0 Å². The molecule has 0 unspecified atom stereocenters. The molecule has 1 aromatic carbocycles. The third-order valence-corrected chi connectivity index (χ3v) is 3.25. The minimum absolute atomic E-state index is 0.203. The van der Waals surface area contributed by atoms with Gasteiger partial charge in [-0.15, -0.1) is 0 Å². The number of aromatic amines is 2. The third-order valence-electron chi connectivity index (χ3n) is 3.25. The summed E-state index contributed by atoms with van der Waals surface area (Å²) in [5.74, 6) is 0. The van der Waals surface area contributed by atoms with E-state index in [1.807, 2.05) is 43.5 Å². The lowest BCUT2D eigenvalue weighted by Crippen LogP contribution is -1.99. The summed E-state index contributed by atoms with van der Waals surface area (Å²) in [6.07, 6.45) is 1.88. The predicted octanol–water partition coefficient (Wildman–Crippen LogP) is 1.87. The molecule has 0 bridgehead atoms. The Morgan fingerprint density at radius 2 is 1.95 bits per heavy atom. The maximum Gasteiger partial charge on any atom is 0.323 e. The molecule has 3 heterocycles. The highest BCUT2D eigenvalue weighted by atomic mass is 16.1. The van der Waals surface area contributed by atoms with Crippen LogP contribution in [0.1, 0.15) is 5.69 Å². The Balaban J connectivity index is 1.92. The van der Waals surface area contributed by atoms with Crippen LogP contribution in [0.5, 0.6) is 0 Å². The van der Waals surface area contributed by atoms with Crippen molar-refractivity contribution in [3.63, 3.8) is 0 Å². The number of nitrogens with one attached hydrogen (secondary N) is 2. The van der Waals surface area contributed by atoms with Crippen molar-refractivity contribution in [3.8, 4) is 11.3 Å². The molecule has 0 aliphatic rings. The van der Waals surface area contributed by atoms with Gasteiger partial charge < -0.3 is 9.97 Å². The van der Waals surface area contributed by atoms with Crippen LogP contribution in [0.4, 0.5) is 0 Å². The summed E-state index contributed by atoms with van der Waals surface area (Å²) in [6.45, 7) is 1.94. The SMILES string of the molecule is Cc1cn2nc(-c3ccc4[nH]c(=O)[nH]c4c3)ccc2n1. The molecule has 4 rings (SSSR count). The Morgan fingerprint density at radius 3 is 2.85 bits per heavy atom. The number of hydrogen-bond donors (Lipinski definition) is 2. The van der Waals surface area contributed by atoms with Gasteiger partial charge in [0.2, 0.25) is 0 Å². The molecular weight excluding hydrogens is 254 g/mol. The molecule has 0 amide bonds. The quantitative estimate of drug-likeness (QED) is 0.551. The van der Waals surface area contributed by atoms with Gasteiger partial charge in [0.25, 0.3) is 0 Å². The monoisotopic (exact) mass is 265 g/mol. The molecule has 98 valence electrons. The highest BCUT2D eigenvalue weighted by Gasteiger charge is 2.05. The summed E-state index contributed by atoms with van der Waals surface area (Å²) in [4.78, 5) is 21.1. The number of aromatic nitrogens is 5. The van der Waals surface area contributed by atoms with Crippen molar-refractivity contribution in [2.75, 3.05) is 0 Å². The molecule has 20 heavy (non-hydrogen) atoms. The number of H-pyrrole nitrogens is 2. The van der Waals surface area contributed by atoms with E-state index in [1.165, 1.54) is 0 Å². The van der Waals surface area contributed by atoms with E-state index in [2.05, 4.69) is 20.1 Å². The zero-order valence-corrected chi connectivity index (χ0v) is 10.7. The molecule has 0 aliphatic heterocycles. The second kappa shape index (κ2) is 3.80. The molecule has 0 aliphatic carbocycles. The van der Waals surface area contributed by atoms with Crippen molar-refractivity contribution >= 4 is 16.7 Å². The Kier molecular flexibility index (Phi) is 2.09. The van der Waals surface area contributed by atoms with Gasteiger partial charge in [0.15, 0.2) is 5.65 Å². The van der Waals surface area contributed by atoms with Crippen molar-refractivity contribution in [1.82, 2.24) is 24.6 Å². The number of fused-ring (bicyclic) bond motifs is 2. The van der Waals surface area contributed by atoms with E-state index < -0.39 is 0 Å². The molecule has 0 saturated carbocycles. The number of rotatable bonds is 1. The molecule has 4 aromatic rings. The van der Waals surface area contributed by atoms with Crippen LogP contribution in [0.15, 0.2) is 41.3 Å². The van der Waals surface area contributed by atoms with Crippen LogP contribution in [-0.2, 0) is 0 Å². The number of benzene rings is 1.